The lowest BCUT2D eigenvalue weighted by Crippen LogP contribution is -2.37. The molecule has 0 saturated carbocycles. The third kappa shape index (κ3) is 4.95. The normalized spacial score (nSPS) is 17.1. The first-order valence-corrected chi connectivity index (χ1v) is 9.02. The number of hydrogen-bond donors (Lipinski definition) is 2. The molecule has 5 nitrogen and oxygen atoms in total. The summed E-state index contributed by atoms with van der Waals surface area (Å²) in [6, 6.07) is 9.00. The van der Waals surface area contributed by atoms with Gasteiger partial charge in [0.15, 0.2) is 5.11 Å². The van der Waals surface area contributed by atoms with Crippen LogP contribution in [0.3, 0.4) is 0 Å². The van der Waals surface area contributed by atoms with Crippen LogP contribution in [0, 0.1) is 0 Å². The second-order valence-corrected chi connectivity index (χ2v) is 6.71. The van der Waals surface area contributed by atoms with Crippen LogP contribution in [0.15, 0.2) is 39.9 Å². The van der Waals surface area contributed by atoms with Crippen LogP contribution in [0.5, 0.6) is 0 Å². The van der Waals surface area contributed by atoms with E-state index < -0.39 is 0 Å². The van der Waals surface area contributed by atoms with E-state index in [2.05, 4.69) is 15.8 Å². The highest BCUT2D eigenvalue weighted by molar-refractivity contribution is 7.80. The van der Waals surface area contributed by atoms with Gasteiger partial charge in [-0.3, -0.25) is 5.43 Å². The van der Waals surface area contributed by atoms with Gasteiger partial charge in [-0.05, 0) is 49.3 Å². The fraction of sp³-hybridized carbons (Fsp3) is 0.294. The van der Waals surface area contributed by atoms with Crippen LogP contribution in [-0.2, 0) is 4.74 Å². The standard InChI is InChI=1S/C17H17Cl2N3O2S/c18-14-5-1-4-13(16(14)19)15-7-6-12(24-15)10-21-22-17(25)20-9-11-3-2-8-23-11/h1,4-7,10-11H,2-3,8-9H2,(H2,20,22,25)/b21-10-/t11-/m0/s1. The summed E-state index contributed by atoms with van der Waals surface area (Å²) in [5.41, 5.74) is 3.48. The van der Waals surface area contributed by atoms with Gasteiger partial charge in [0, 0.05) is 18.7 Å². The molecule has 1 aromatic carbocycles. The summed E-state index contributed by atoms with van der Waals surface area (Å²) in [5.74, 6) is 1.19. The van der Waals surface area contributed by atoms with Crippen molar-refractivity contribution in [1.29, 1.82) is 0 Å². The van der Waals surface area contributed by atoms with Crippen molar-refractivity contribution in [3.63, 3.8) is 0 Å². The smallest absolute Gasteiger partial charge is 0.187 e. The first-order valence-electron chi connectivity index (χ1n) is 7.86. The van der Waals surface area contributed by atoms with Gasteiger partial charge in [-0.15, -0.1) is 0 Å². The topological polar surface area (TPSA) is 58.8 Å². The number of nitrogens with one attached hydrogen (secondary N) is 2. The van der Waals surface area contributed by atoms with Gasteiger partial charge in [0.2, 0.25) is 0 Å². The van der Waals surface area contributed by atoms with Crippen molar-refractivity contribution in [3.05, 3.63) is 46.1 Å². The maximum atomic E-state index is 6.20. The molecule has 2 aromatic rings. The summed E-state index contributed by atoms with van der Waals surface area (Å²) in [7, 11) is 0. The van der Waals surface area contributed by atoms with Crippen LogP contribution in [0.4, 0.5) is 0 Å². The molecule has 0 bridgehead atoms. The van der Waals surface area contributed by atoms with Gasteiger partial charge in [0.1, 0.15) is 11.5 Å². The molecule has 0 radical (unpaired) electrons. The quantitative estimate of drug-likeness (QED) is 0.449. The molecule has 132 valence electrons. The molecule has 3 rings (SSSR count). The molecule has 1 fully saturated rings. The maximum absolute atomic E-state index is 6.20. The van der Waals surface area contributed by atoms with Crippen LogP contribution in [0.2, 0.25) is 10.0 Å². The summed E-state index contributed by atoms with van der Waals surface area (Å²) in [6.07, 6.45) is 3.92. The molecule has 2 heterocycles. The molecular weight excluding hydrogens is 381 g/mol. The second-order valence-electron chi connectivity index (χ2n) is 5.52. The summed E-state index contributed by atoms with van der Waals surface area (Å²) in [4.78, 5) is 0. The molecule has 0 amide bonds. The zero-order chi connectivity index (χ0) is 17.6. The summed E-state index contributed by atoms with van der Waals surface area (Å²) >= 11 is 17.4. The van der Waals surface area contributed by atoms with Crippen molar-refractivity contribution in [3.8, 4) is 11.3 Å². The molecule has 0 unspecified atom stereocenters. The Labute approximate surface area is 161 Å². The first-order chi connectivity index (χ1) is 12.1. The molecule has 8 heteroatoms. The minimum atomic E-state index is 0.221. The third-order valence-electron chi connectivity index (χ3n) is 3.72. The Hall–Kier alpha value is -1.60. The fourth-order valence-electron chi connectivity index (χ4n) is 2.47. The summed E-state index contributed by atoms with van der Waals surface area (Å²) < 4.78 is 11.2. The van der Waals surface area contributed by atoms with E-state index >= 15 is 0 Å². The fourth-order valence-corrected chi connectivity index (χ4v) is 3.00. The van der Waals surface area contributed by atoms with Gasteiger partial charge in [0.05, 0.1) is 22.4 Å². The molecule has 0 spiro atoms. The van der Waals surface area contributed by atoms with E-state index in [9.17, 15) is 0 Å². The monoisotopic (exact) mass is 397 g/mol. The first kappa shape index (κ1) is 18.2. The summed E-state index contributed by atoms with van der Waals surface area (Å²) in [5, 5.41) is 8.52. The Morgan fingerprint density at radius 2 is 2.20 bits per heavy atom. The maximum Gasteiger partial charge on any atom is 0.187 e. The number of benzene rings is 1. The lowest BCUT2D eigenvalue weighted by atomic mass is 10.2. The van der Waals surface area contributed by atoms with Crippen molar-refractivity contribution in [2.45, 2.75) is 18.9 Å². The van der Waals surface area contributed by atoms with E-state index in [0.29, 0.717) is 33.2 Å². The van der Waals surface area contributed by atoms with E-state index in [1.165, 1.54) is 0 Å². The van der Waals surface area contributed by atoms with Gasteiger partial charge in [-0.2, -0.15) is 5.10 Å². The SMILES string of the molecule is S=C(NC[C@@H]1CCCO1)N/N=C\c1ccc(-c2cccc(Cl)c2Cl)o1. The van der Waals surface area contributed by atoms with E-state index in [-0.39, 0.29) is 6.10 Å². The molecule has 1 aliphatic heterocycles. The molecule has 2 N–H and O–H groups in total. The van der Waals surface area contributed by atoms with Crippen LogP contribution >= 0.6 is 35.4 Å². The lowest BCUT2D eigenvalue weighted by molar-refractivity contribution is 0.114. The van der Waals surface area contributed by atoms with Gasteiger partial charge in [-0.25, -0.2) is 0 Å². The second kappa shape index (κ2) is 8.67. The highest BCUT2D eigenvalue weighted by Gasteiger charge is 2.15. The number of furan rings is 1. The van der Waals surface area contributed by atoms with E-state index in [0.717, 1.165) is 25.0 Å². The molecule has 1 aliphatic rings. The Morgan fingerprint density at radius 1 is 1.32 bits per heavy atom. The average Bonchev–Trinajstić information content (AvgIpc) is 3.27. The summed E-state index contributed by atoms with van der Waals surface area (Å²) in [6.45, 7) is 1.50. The predicted molar refractivity (Wildman–Crippen MR) is 104 cm³/mol. The van der Waals surface area contributed by atoms with Crippen molar-refractivity contribution in [2.24, 2.45) is 5.10 Å². The minimum absolute atomic E-state index is 0.221. The van der Waals surface area contributed by atoms with E-state index in [1.54, 1.807) is 18.3 Å². The highest BCUT2D eigenvalue weighted by atomic mass is 35.5. The predicted octanol–water partition coefficient (Wildman–Crippen LogP) is 4.23. The van der Waals surface area contributed by atoms with Gasteiger partial charge >= 0.3 is 0 Å². The van der Waals surface area contributed by atoms with E-state index in [1.807, 2.05) is 18.2 Å². The number of rotatable bonds is 5. The Kier molecular flexibility index (Phi) is 6.31. The largest absolute Gasteiger partial charge is 0.455 e. The number of nitrogens with zero attached hydrogens (tertiary/aromatic N) is 1. The van der Waals surface area contributed by atoms with Gasteiger partial charge in [0.25, 0.3) is 0 Å². The van der Waals surface area contributed by atoms with Gasteiger partial charge < -0.3 is 14.5 Å². The molecule has 25 heavy (non-hydrogen) atoms. The number of thiocarbonyl (C=S) groups is 1. The zero-order valence-corrected chi connectivity index (χ0v) is 15.6. The average molecular weight is 398 g/mol. The van der Waals surface area contributed by atoms with Crippen molar-refractivity contribution in [1.82, 2.24) is 10.7 Å². The van der Waals surface area contributed by atoms with E-state index in [4.69, 9.17) is 44.6 Å². The molecular formula is C17H17Cl2N3O2S. The zero-order valence-electron chi connectivity index (χ0n) is 13.3. The number of hydrazone groups is 1. The van der Waals surface area contributed by atoms with Crippen LogP contribution < -0.4 is 10.7 Å². The third-order valence-corrected chi connectivity index (χ3v) is 4.77. The molecule has 1 atom stereocenters. The molecule has 0 aliphatic carbocycles. The van der Waals surface area contributed by atoms with Crippen molar-refractivity contribution in [2.75, 3.05) is 13.2 Å². The lowest BCUT2D eigenvalue weighted by Gasteiger charge is -2.11. The van der Waals surface area contributed by atoms with Crippen molar-refractivity contribution < 1.29 is 9.15 Å². The molecule has 1 saturated heterocycles. The number of hydrogen-bond acceptors (Lipinski definition) is 4. The number of halogens is 2. The highest BCUT2D eigenvalue weighted by Crippen LogP contribution is 2.34. The van der Waals surface area contributed by atoms with Crippen molar-refractivity contribution >= 4 is 46.7 Å². The molecule has 1 aromatic heterocycles. The van der Waals surface area contributed by atoms with Crippen LogP contribution in [0.25, 0.3) is 11.3 Å². The minimum Gasteiger partial charge on any atom is -0.455 e. The Bertz CT molecular complexity index is 773. The number of ether oxygens (including phenoxy) is 1. The Balaban J connectivity index is 1.53. The van der Waals surface area contributed by atoms with Gasteiger partial charge in [-0.1, -0.05) is 29.3 Å². The van der Waals surface area contributed by atoms with Crippen LogP contribution in [-0.4, -0.2) is 30.6 Å². The Morgan fingerprint density at radius 3 is 3.00 bits per heavy atom. The van der Waals surface area contributed by atoms with Crippen LogP contribution in [0.1, 0.15) is 18.6 Å².